The molecule has 5 nitrogen and oxygen atoms in total. The monoisotopic (exact) mass is 465 g/mol. The Hall–Kier alpha value is -2.96. The summed E-state index contributed by atoms with van der Waals surface area (Å²) < 4.78 is 1.39. The van der Waals surface area contributed by atoms with Gasteiger partial charge in [-0.3, -0.25) is 14.2 Å². The Labute approximate surface area is 195 Å². The summed E-state index contributed by atoms with van der Waals surface area (Å²) in [6.45, 7) is 9.70. The molecule has 0 aliphatic carbocycles. The van der Waals surface area contributed by atoms with Crippen molar-refractivity contribution in [1.29, 1.82) is 0 Å². The van der Waals surface area contributed by atoms with Crippen molar-refractivity contribution in [2.24, 2.45) is 0 Å². The van der Waals surface area contributed by atoms with Crippen molar-refractivity contribution >= 4 is 44.7 Å². The number of amides is 1. The van der Waals surface area contributed by atoms with Crippen LogP contribution in [0.15, 0.2) is 47.5 Å². The number of benzene rings is 2. The van der Waals surface area contributed by atoms with Crippen molar-refractivity contribution < 1.29 is 4.79 Å². The highest BCUT2D eigenvalue weighted by Crippen LogP contribution is 2.36. The molecule has 0 aliphatic heterocycles. The average Bonchev–Trinajstić information content (AvgIpc) is 3.09. The zero-order valence-electron chi connectivity index (χ0n) is 18.6. The van der Waals surface area contributed by atoms with Crippen molar-refractivity contribution in [1.82, 2.24) is 9.55 Å². The fraction of sp³-hybridized carbons (Fsp3) is 0.240. The van der Waals surface area contributed by atoms with Crippen LogP contribution < -0.4 is 10.9 Å². The number of anilines is 1. The lowest BCUT2D eigenvalue weighted by Gasteiger charge is -2.15. The summed E-state index contributed by atoms with van der Waals surface area (Å²) in [5, 5.41) is 3.96. The number of fused-ring (bicyclic) bond motifs is 1. The summed E-state index contributed by atoms with van der Waals surface area (Å²) in [7, 11) is 0. The maximum absolute atomic E-state index is 13.5. The van der Waals surface area contributed by atoms with Crippen molar-refractivity contribution in [2.45, 2.75) is 40.7 Å². The van der Waals surface area contributed by atoms with Crippen LogP contribution in [0.1, 0.15) is 34.5 Å². The number of aryl methyl sites for hydroxylation is 4. The summed E-state index contributed by atoms with van der Waals surface area (Å²) in [5.74, 6) is -0.312. The number of rotatable bonds is 4. The molecule has 0 saturated heterocycles. The topological polar surface area (TPSA) is 64.0 Å². The van der Waals surface area contributed by atoms with Gasteiger partial charge in [-0.2, -0.15) is 0 Å². The van der Waals surface area contributed by atoms with E-state index in [1.165, 1.54) is 27.8 Å². The number of nitrogens with one attached hydrogen (secondary N) is 1. The third kappa shape index (κ3) is 3.96. The van der Waals surface area contributed by atoms with Gasteiger partial charge >= 0.3 is 0 Å². The van der Waals surface area contributed by atoms with E-state index in [9.17, 15) is 9.59 Å². The highest BCUT2D eigenvalue weighted by Gasteiger charge is 2.22. The second-order valence-electron chi connectivity index (χ2n) is 8.10. The summed E-state index contributed by atoms with van der Waals surface area (Å²) in [4.78, 5) is 32.6. The Morgan fingerprint density at radius 3 is 2.47 bits per heavy atom. The maximum atomic E-state index is 13.5. The lowest BCUT2D eigenvalue weighted by atomic mass is 9.99. The molecule has 1 N–H and O–H groups in total. The lowest BCUT2D eigenvalue weighted by Crippen LogP contribution is -2.31. The second-order valence-corrected chi connectivity index (χ2v) is 9.71. The fourth-order valence-electron chi connectivity index (χ4n) is 3.68. The molecule has 0 bridgehead atoms. The van der Waals surface area contributed by atoms with Gasteiger partial charge in [-0.15, -0.1) is 11.3 Å². The third-order valence-corrected chi connectivity index (χ3v) is 7.27. The number of hydrogen-bond donors (Lipinski definition) is 1. The maximum Gasteiger partial charge on any atom is 0.263 e. The first kappa shape index (κ1) is 22.2. The van der Waals surface area contributed by atoms with Crippen LogP contribution >= 0.6 is 22.9 Å². The number of carbonyl (C=O) groups is 1. The van der Waals surface area contributed by atoms with Crippen LogP contribution in [-0.4, -0.2) is 15.5 Å². The average molecular weight is 466 g/mol. The van der Waals surface area contributed by atoms with Crippen molar-refractivity contribution in [2.75, 3.05) is 5.32 Å². The molecule has 1 unspecified atom stereocenters. The molecular formula is C25H24ClN3O2S. The second kappa shape index (κ2) is 8.52. The van der Waals surface area contributed by atoms with Gasteiger partial charge in [0.05, 0.1) is 11.7 Å². The van der Waals surface area contributed by atoms with Gasteiger partial charge in [0.15, 0.2) is 0 Å². The summed E-state index contributed by atoms with van der Waals surface area (Å²) in [6.07, 6.45) is 1.46. The number of thiophene rings is 1. The standard InChI is InChI=1S/C25H24ClN3O2S/c1-13-6-8-18(10-15(13)3)21-17(5)32-24-22(21)25(31)29(12-27-24)16(4)23(30)28-19-9-7-14(2)20(26)11-19/h6-12,16H,1-5H3,(H,28,30). The molecule has 4 aromatic rings. The van der Waals surface area contributed by atoms with Crippen LogP contribution in [0.25, 0.3) is 21.3 Å². The molecule has 0 radical (unpaired) electrons. The van der Waals surface area contributed by atoms with Crippen molar-refractivity contribution in [3.8, 4) is 11.1 Å². The van der Waals surface area contributed by atoms with Gasteiger partial charge in [-0.05, 0) is 69.0 Å². The molecule has 164 valence electrons. The molecule has 1 atom stereocenters. The first-order valence-electron chi connectivity index (χ1n) is 10.3. The van der Waals surface area contributed by atoms with Crippen LogP contribution in [0.2, 0.25) is 5.02 Å². The van der Waals surface area contributed by atoms with Crippen molar-refractivity contribution in [3.05, 3.63) is 79.7 Å². The third-order valence-electron chi connectivity index (χ3n) is 5.85. The summed E-state index contributed by atoms with van der Waals surface area (Å²) in [6, 6.07) is 10.8. The van der Waals surface area contributed by atoms with E-state index in [1.807, 2.05) is 26.0 Å². The molecule has 7 heteroatoms. The van der Waals surface area contributed by atoms with E-state index in [0.29, 0.717) is 20.9 Å². The number of halogens is 1. The quantitative estimate of drug-likeness (QED) is 0.389. The van der Waals surface area contributed by atoms with E-state index in [1.54, 1.807) is 19.1 Å². The molecule has 32 heavy (non-hydrogen) atoms. The fourth-order valence-corrected chi connectivity index (χ4v) is 4.86. The highest BCUT2D eigenvalue weighted by molar-refractivity contribution is 7.19. The minimum atomic E-state index is -0.743. The van der Waals surface area contributed by atoms with E-state index < -0.39 is 6.04 Å². The molecule has 0 fully saturated rings. The minimum Gasteiger partial charge on any atom is -0.324 e. The molecule has 1 amide bonds. The molecule has 4 rings (SSSR count). The van der Waals surface area contributed by atoms with Gasteiger partial charge in [0.1, 0.15) is 10.9 Å². The van der Waals surface area contributed by atoms with Gasteiger partial charge in [0.2, 0.25) is 5.91 Å². The lowest BCUT2D eigenvalue weighted by molar-refractivity contribution is -0.118. The molecule has 0 saturated carbocycles. The van der Waals surface area contributed by atoms with Crippen LogP contribution in [0.3, 0.4) is 0 Å². The van der Waals surface area contributed by atoms with Crippen molar-refractivity contribution in [3.63, 3.8) is 0 Å². The Bertz CT molecular complexity index is 1420. The predicted molar refractivity (Wildman–Crippen MR) is 133 cm³/mol. The van der Waals surface area contributed by atoms with E-state index in [-0.39, 0.29) is 11.5 Å². The Balaban J connectivity index is 1.75. The van der Waals surface area contributed by atoms with E-state index in [2.05, 4.69) is 36.3 Å². The molecule has 0 aliphatic rings. The van der Waals surface area contributed by atoms with Gasteiger partial charge in [-0.25, -0.2) is 4.98 Å². The van der Waals surface area contributed by atoms with Crippen LogP contribution in [0.4, 0.5) is 5.69 Å². The first-order chi connectivity index (χ1) is 15.2. The van der Waals surface area contributed by atoms with E-state index in [4.69, 9.17) is 11.6 Å². The Morgan fingerprint density at radius 1 is 1.06 bits per heavy atom. The van der Waals surface area contributed by atoms with Gasteiger partial charge in [-0.1, -0.05) is 35.9 Å². The molecule has 0 spiro atoms. The number of carbonyl (C=O) groups excluding carboxylic acids is 1. The predicted octanol–water partition coefficient (Wildman–Crippen LogP) is 6.21. The highest BCUT2D eigenvalue weighted by atomic mass is 35.5. The zero-order chi connectivity index (χ0) is 23.2. The number of aromatic nitrogens is 2. The van der Waals surface area contributed by atoms with Crippen LogP contribution in [0.5, 0.6) is 0 Å². The molecule has 2 heterocycles. The van der Waals surface area contributed by atoms with E-state index in [0.717, 1.165) is 27.1 Å². The molecule has 2 aromatic heterocycles. The first-order valence-corrected chi connectivity index (χ1v) is 11.5. The zero-order valence-corrected chi connectivity index (χ0v) is 20.2. The number of hydrogen-bond acceptors (Lipinski definition) is 4. The van der Waals surface area contributed by atoms with Gasteiger partial charge < -0.3 is 5.32 Å². The van der Waals surface area contributed by atoms with Gasteiger partial charge in [0.25, 0.3) is 5.56 Å². The normalized spacial score (nSPS) is 12.2. The van der Waals surface area contributed by atoms with Crippen LogP contribution in [0, 0.1) is 27.7 Å². The summed E-state index contributed by atoms with van der Waals surface area (Å²) in [5.41, 5.74) is 5.52. The SMILES string of the molecule is Cc1ccc(-c2c(C)sc3ncn(C(C)C(=O)Nc4ccc(C)c(Cl)c4)c(=O)c23)cc1C. The number of nitrogens with zero attached hydrogens (tertiary/aromatic N) is 2. The molecular weight excluding hydrogens is 442 g/mol. The smallest absolute Gasteiger partial charge is 0.263 e. The largest absolute Gasteiger partial charge is 0.324 e. The molecule has 2 aromatic carbocycles. The Morgan fingerprint density at radius 2 is 1.78 bits per heavy atom. The summed E-state index contributed by atoms with van der Waals surface area (Å²) >= 11 is 7.66. The van der Waals surface area contributed by atoms with Crippen LogP contribution in [-0.2, 0) is 4.79 Å². The van der Waals surface area contributed by atoms with Gasteiger partial charge in [0, 0.05) is 21.2 Å². The minimum absolute atomic E-state index is 0.225. The van der Waals surface area contributed by atoms with E-state index >= 15 is 0 Å². The Kier molecular flexibility index (Phi) is 5.93.